The molecule has 0 heterocycles. The molecular weight excluding hydrogens is 254 g/mol. The normalized spacial score (nSPS) is 34.6. The number of fused-ring (bicyclic) bond motifs is 2. The van der Waals surface area contributed by atoms with Crippen LogP contribution in [0.2, 0.25) is 0 Å². The Morgan fingerprint density at radius 1 is 1.15 bits per heavy atom. The molecule has 0 aromatic heterocycles. The van der Waals surface area contributed by atoms with Crippen molar-refractivity contribution in [1.82, 2.24) is 5.32 Å². The van der Waals surface area contributed by atoms with E-state index in [2.05, 4.69) is 5.32 Å². The molecule has 114 valence electrons. The molecule has 3 atom stereocenters. The van der Waals surface area contributed by atoms with E-state index in [0.717, 1.165) is 25.7 Å². The summed E-state index contributed by atoms with van der Waals surface area (Å²) in [4.78, 5) is 23.8. The molecule has 5 heteroatoms. The van der Waals surface area contributed by atoms with Gasteiger partial charge in [-0.2, -0.15) is 0 Å². The zero-order valence-electron chi connectivity index (χ0n) is 12.5. The van der Waals surface area contributed by atoms with Crippen LogP contribution in [0, 0.1) is 23.7 Å². The fourth-order valence-electron chi connectivity index (χ4n) is 3.84. The number of nitrogens with one attached hydrogen (secondary N) is 1. The minimum atomic E-state index is -0.571. The number of amides is 2. The lowest BCUT2D eigenvalue weighted by Crippen LogP contribution is -2.53. The fraction of sp³-hybridized carbons (Fsp3) is 0.867. The summed E-state index contributed by atoms with van der Waals surface area (Å²) in [6, 6.07) is -0.317. The predicted molar refractivity (Wildman–Crippen MR) is 77.5 cm³/mol. The Hall–Kier alpha value is -1.10. The number of carbonyl (C=O) groups excluding carboxylic acids is 2. The van der Waals surface area contributed by atoms with E-state index in [1.165, 1.54) is 6.42 Å². The Balaban J connectivity index is 1.98. The van der Waals surface area contributed by atoms with Gasteiger partial charge in [-0.3, -0.25) is 9.59 Å². The molecule has 5 N–H and O–H groups in total. The van der Waals surface area contributed by atoms with Crippen LogP contribution in [0.1, 0.15) is 46.0 Å². The Labute approximate surface area is 120 Å². The summed E-state index contributed by atoms with van der Waals surface area (Å²) in [5, 5.41) is 2.84. The lowest BCUT2D eigenvalue weighted by atomic mass is 9.65. The zero-order valence-corrected chi connectivity index (χ0v) is 12.5. The first kappa shape index (κ1) is 15.3. The average molecular weight is 281 g/mol. The van der Waals surface area contributed by atoms with Crippen LogP contribution in [0.25, 0.3) is 0 Å². The highest BCUT2D eigenvalue weighted by Gasteiger charge is 2.41. The van der Waals surface area contributed by atoms with Crippen molar-refractivity contribution in [1.29, 1.82) is 0 Å². The first-order chi connectivity index (χ1) is 9.40. The topological polar surface area (TPSA) is 98.2 Å². The second-order valence-electron chi connectivity index (χ2n) is 6.83. The molecule has 2 aliphatic carbocycles. The van der Waals surface area contributed by atoms with E-state index in [1.54, 1.807) is 0 Å². The highest BCUT2D eigenvalue weighted by Crippen LogP contribution is 2.41. The lowest BCUT2D eigenvalue weighted by molar-refractivity contribution is -0.132. The average Bonchev–Trinajstić information content (AvgIpc) is 2.34. The molecule has 0 aliphatic heterocycles. The van der Waals surface area contributed by atoms with Crippen LogP contribution in [0.5, 0.6) is 0 Å². The lowest BCUT2D eigenvalue weighted by Gasteiger charge is -2.43. The number of primary amides is 1. The first-order valence-electron chi connectivity index (χ1n) is 7.75. The zero-order chi connectivity index (χ0) is 14.9. The summed E-state index contributed by atoms with van der Waals surface area (Å²) in [7, 11) is 0. The predicted octanol–water partition coefficient (Wildman–Crippen LogP) is 0.766. The van der Waals surface area contributed by atoms with Crippen molar-refractivity contribution in [2.45, 2.75) is 58.0 Å². The molecule has 2 fully saturated rings. The number of rotatable bonds is 4. The van der Waals surface area contributed by atoms with Crippen LogP contribution in [0.3, 0.4) is 0 Å². The largest absolute Gasteiger partial charge is 0.368 e. The van der Waals surface area contributed by atoms with Crippen LogP contribution in [0.4, 0.5) is 0 Å². The van der Waals surface area contributed by atoms with Gasteiger partial charge in [0, 0.05) is 12.0 Å². The maximum atomic E-state index is 12.4. The van der Waals surface area contributed by atoms with Gasteiger partial charge in [0.2, 0.25) is 11.8 Å². The Bertz CT molecular complexity index is 369. The molecule has 2 saturated carbocycles. The van der Waals surface area contributed by atoms with Crippen LogP contribution in [0.15, 0.2) is 0 Å². The third-order valence-corrected chi connectivity index (χ3v) is 5.05. The van der Waals surface area contributed by atoms with Gasteiger partial charge in [0.15, 0.2) is 0 Å². The Morgan fingerprint density at radius 2 is 1.70 bits per heavy atom. The van der Waals surface area contributed by atoms with Gasteiger partial charge < -0.3 is 16.8 Å². The second-order valence-corrected chi connectivity index (χ2v) is 6.83. The summed E-state index contributed by atoms with van der Waals surface area (Å²) >= 11 is 0. The van der Waals surface area contributed by atoms with E-state index in [1.807, 2.05) is 13.8 Å². The highest BCUT2D eigenvalue weighted by molar-refractivity contribution is 5.87. The molecule has 0 aromatic rings. The molecular formula is C15H27N3O2. The quantitative estimate of drug-likeness (QED) is 0.709. The SMILES string of the molecule is CC(C)C(NC(=O)C1CC2CCCC(C1)C2N)C(N)=O. The van der Waals surface area contributed by atoms with Gasteiger partial charge in [-0.05, 0) is 43.4 Å². The van der Waals surface area contributed by atoms with Crippen molar-refractivity contribution in [3.05, 3.63) is 0 Å². The Kier molecular flexibility index (Phi) is 4.68. The molecule has 5 nitrogen and oxygen atoms in total. The molecule has 2 amide bonds. The standard InChI is InChI=1S/C15H27N3O2/c1-8(2)13(14(17)19)18-15(20)11-6-9-4-3-5-10(7-11)12(9)16/h8-13H,3-7,16H2,1-2H3,(H2,17,19)(H,18,20). The summed E-state index contributed by atoms with van der Waals surface area (Å²) in [6.45, 7) is 3.78. The summed E-state index contributed by atoms with van der Waals surface area (Å²) in [5.41, 5.74) is 11.6. The molecule has 2 aliphatic rings. The van der Waals surface area contributed by atoms with Crippen molar-refractivity contribution in [2.24, 2.45) is 35.1 Å². The monoisotopic (exact) mass is 281 g/mol. The minimum absolute atomic E-state index is 0.00861. The smallest absolute Gasteiger partial charge is 0.240 e. The van der Waals surface area contributed by atoms with Crippen LogP contribution < -0.4 is 16.8 Å². The molecule has 0 radical (unpaired) electrons. The number of hydrogen-bond donors (Lipinski definition) is 3. The van der Waals surface area contributed by atoms with Gasteiger partial charge in [-0.1, -0.05) is 20.3 Å². The van der Waals surface area contributed by atoms with Gasteiger partial charge in [0.25, 0.3) is 0 Å². The van der Waals surface area contributed by atoms with Crippen molar-refractivity contribution < 1.29 is 9.59 Å². The minimum Gasteiger partial charge on any atom is -0.368 e. The summed E-state index contributed by atoms with van der Waals surface area (Å²) in [5.74, 6) is 0.452. The van der Waals surface area contributed by atoms with E-state index in [4.69, 9.17) is 11.5 Å². The first-order valence-corrected chi connectivity index (χ1v) is 7.75. The number of nitrogens with two attached hydrogens (primary N) is 2. The molecule has 20 heavy (non-hydrogen) atoms. The third-order valence-electron chi connectivity index (χ3n) is 5.05. The van der Waals surface area contributed by atoms with Gasteiger partial charge in [0.1, 0.15) is 6.04 Å². The molecule has 0 saturated heterocycles. The van der Waals surface area contributed by atoms with Gasteiger partial charge >= 0.3 is 0 Å². The van der Waals surface area contributed by atoms with E-state index in [-0.39, 0.29) is 23.8 Å². The number of carbonyl (C=O) groups is 2. The summed E-state index contributed by atoms with van der Waals surface area (Å²) < 4.78 is 0. The molecule has 0 spiro atoms. The fourth-order valence-corrected chi connectivity index (χ4v) is 3.84. The van der Waals surface area contributed by atoms with Gasteiger partial charge in [-0.15, -0.1) is 0 Å². The van der Waals surface area contributed by atoms with Crippen molar-refractivity contribution in [3.8, 4) is 0 Å². The summed E-state index contributed by atoms with van der Waals surface area (Å²) in [6.07, 6.45) is 5.20. The molecule has 2 bridgehead atoms. The van der Waals surface area contributed by atoms with Gasteiger partial charge in [0.05, 0.1) is 0 Å². The molecule has 0 aromatic carbocycles. The molecule has 3 unspecified atom stereocenters. The van der Waals surface area contributed by atoms with Crippen LogP contribution in [-0.2, 0) is 9.59 Å². The van der Waals surface area contributed by atoms with E-state index in [0.29, 0.717) is 11.8 Å². The van der Waals surface area contributed by atoms with Crippen LogP contribution >= 0.6 is 0 Å². The van der Waals surface area contributed by atoms with Gasteiger partial charge in [-0.25, -0.2) is 0 Å². The third kappa shape index (κ3) is 3.14. The second kappa shape index (κ2) is 6.12. The maximum Gasteiger partial charge on any atom is 0.240 e. The van der Waals surface area contributed by atoms with E-state index >= 15 is 0 Å². The highest BCUT2D eigenvalue weighted by atomic mass is 16.2. The van der Waals surface area contributed by atoms with Crippen molar-refractivity contribution in [2.75, 3.05) is 0 Å². The van der Waals surface area contributed by atoms with Crippen LogP contribution in [-0.4, -0.2) is 23.9 Å². The van der Waals surface area contributed by atoms with Crippen molar-refractivity contribution in [3.63, 3.8) is 0 Å². The van der Waals surface area contributed by atoms with Crippen molar-refractivity contribution >= 4 is 11.8 Å². The number of hydrogen-bond acceptors (Lipinski definition) is 3. The van der Waals surface area contributed by atoms with E-state index in [9.17, 15) is 9.59 Å². The van der Waals surface area contributed by atoms with E-state index < -0.39 is 11.9 Å². The maximum absolute atomic E-state index is 12.4. The Morgan fingerprint density at radius 3 is 2.15 bits per heavy atom. The molecule has 2 rings (SSSR count).